The van der Waals surface area contributed by atoms with Crippen molar-refractivity contribution < 1.29 is 14.2 Å². The van der Waals surface area contributed by atoms with Gasteiger partial charge in [0.15, 0.2) is 0 Å². The Hall–Kier alpha value is -0.780. The van der Waals surface area contributed by atoms with Crippen LogP contribution in [-0.4, -0.2) is 34.0 Å². The molecular weight excluding hydrogens is 334 g/mol. The maximum atomic E-state index is 5.61. The minimum atomic E-state index is 0.198. The first kappa shape index (κ1) is 18.3. The third-order valence-electron chi connectivity index (χ3n) is 3.24. The lowest BCUT2D eigenvalue weighted by Gasteiger charge is -2.22. The Bertz CT molecular complexity index is 426. The zero-order valence-electron chi connectivity index (χ0n) is 13.4. The lowest BCUT2D eigenvalue weighted by Crippen LogP contribution is -2.23. The van der Waals surface area contributed by atoms with Gasteiger partial charge in [-0.2, -0.15) is 0 Å². The van der Waals surface area contributed by atoms with Crippen LogP contribution in [0.4, 0.5) is 0 Å². The third kappa shape index (κ3) is 5.16. The maximum absolute atomic E-state index is 5.61. The standard InChI is InChI=1S/C16H26BrNO3/c1-5-10-21-11-9-13(18-6-2)12-7-8-14(19-3)15(17)16(12)20-4/h7-8,13,18H,5-6,9-11H2,1-4H3. The molecular formula is C16H26BrNO3. The Morgan fingerprint density at radius 1 is 1.14 bits per heavy atom. The van der Waals surface area contributed by atoms with Crippen LogP contribution in [0.5, 0.6) is 11.5 Å². The zero-order valence-corrected chi connectivity index (χ0v) is 15.0. The summed E-state index contributed by atoms with van der Waals surface area (Å²) in [6, 6.07) is 4.21. The highest BCUT2D eigenvalue weighted by molar-refractivity contribution is 9.10. The lowest BCUT2D eigenvalue weighted by molar-refractivity contribution is 0.124. The molecule has 0 saturated heterocycles. The Kier molecular flexibility index (Phi) is 8.73. The van der Waals surface area contributed by atoms with E-state index in [4.69, 9.17) is 14.2 Å². The van der Waals surface area contributed by atoms with Crippen LogP contribution in [0.1, 0.15) is 38.3 Å². The predicted molar refractivity (Wildman–Crippen MR) is 89.4 cm³/mol. The van der Waals surface area contributed by atoms with E-state index in [9.17, 15) is 0 Å². The third-order valence-corrected chi connectivity index (χ3v) is 3.99. The molecule has 0 aromatic heterocycles. The molecule has 0 saturated carbocycles. The van der Waals surface area contributed by atoms with Crippen molar-refractivity contribution in [3.05, 3.63) is 22.2 Å². The predicted octanol–water partition coefficient (Wildman–Crippen LogP) is 3.93. The molecule has 1 unspecified atom stereocenters. The average Bonchev–Trinajstić information content (AvgIpc) is 2.50. The van der Waals surface area contributed by atoms with Crippen LogP contribution in [0.3, 0.4) is 0 Å². The van der Waals surface area contributed by atoms with E-state index in [-0.39, 0.29) is 6.04 Å². The molecule has 1 aromatic rings. The molecule has 1 rings (SSSR count). The fourth-order valence-corrected chi connectivity index (χ4v) is 2.94. The molecule has 4 nitrogen and oxygen atoms in total. The number of rotatable bonds is 10. The van der Waals surface area contributed by atoms with Crippen molar-refractivity contribution in [1.82, 2.24) is 5.32 Å². The number of hydrogen-bond donors (Lipinski definition) is 1. The second kappa shape index (κ2) is 10.0. The van der Waals surface area contributed by atoms with E-state index in [2.05, 4.69) is 41.2 Å². The molecule has 0 aliphatic heterocycles. The number of hydrogen-bond acceptors (Lipinski definition) is 4. The monoisotopic (exact) mass is 359 g/mol. The van der Waals surface area contributed by atoms with Crippen molar-refractivity contribution in [3.8, 4) is 11.5 Å². The fraction of sp³-hybridized carbons (Fsp3) is 0.625. The first-order valence-electron chi connectivity index (χ1n) is 7.41. The summed E-state index contributed by atoms with van der Waals surface area (Å²) in [6.45, 7) is 6.65. The summed E-state index contributed by atoms with van der Waals surface area (Å²) in [6.07, 6.45) is 1.95. The summed E-state index contributed by atoms with van der Waals surface area (Å²) in [5, 5.41) is 3.49. The number of halogens is 1. The molecule has 0 radical (unpaired) electrons. The Morgan fingerprint density at radius 3 is 2.48 bits per heavy atom. The molecule has 0 amide bonds. The first-order valence-corrected chi connectivity index (χ1v) is 8.20. The van der Waals surface area contributed by atoms with Gasteiger partial charge >= 0.3 is 0 Å². The maximum Gasteiger partial charge on any atom is 0.141 e. The molecule has 0 heterocycles. The summed E-state index contributed by atoms with van der Waals surface area (Å²) in [7, 11) is 3.33. The average molecular weight is 360 g/mol. The van der Waals surface area contributed by atoms with Crippen LogP contribution in [-0.2, 0) is 4.74 Å². The van der Waals surface area contributed by atoms with Crippen molar-refractivity contribution in [2.45, 2.75) is 32.7 Å². The summed E-state index contributed by atoms with van der Waals surface area (Å²) in [5.41, 5.74) is 1.12. The molecule has 0 fully saturated rings. The van der Waals surface area contributed by atoms with Gasteiger partial charge in [0.1, 0.15) is 16.0 Å². The minimum Gasteiger partial charge on any atom is -0.495 e. The molecule has 21 heavy (non-hydrogen) atoms. The van der Waals surface area contributed by atoms with Gasteiger partial charge in [-0.05, 0) is 47.4 Å². The normalized spacial score (nSPS) is 12.2. The first-order chi connectivity index (χ1) is 10.2. The van der Waals surface area contributed by atoms with Gasteiger partial charge in [0.05, 0.1) is 14.2 Å². The summed E-state index contributed by atoms with van der Waals surface area (Å²) in [5.74, 6) is 1.59. The van der Waals surface area contributed by atoms with E-state index in [1.165, 1.54) is 0 Å². The fourth-order valence-electron chi connectivity index (χ4n) is 2.25. The van der Waals surface area contributed by atoms with Gasteiger partial charge in [-0.25, -0.2) is 0 Å². The van der Waals surface area contributed by atoms with E-state index < -0.39 is 0 Å². The van der Waals surface area contributed by atoms with Gasteiger partial charge in [-0.1, -0.05) is 13.8 Å². The van der Waals surface area contributed by atoms with Crippen molar-refractivity contribution in [2.24, 2.45) is 0 Å². The number of nitrogens with one attached hydrogen (secondary N) is 1. The van der Waals surface area contributed by atoms with Crippen molar-refractivity contribution in [1.29, 1.82) is 0 Å². The largest absolute Gasteiger partial charge is 0.495 e. The molecule has 0 spiro atoms. The van der Waals surface area contributed by atoms with Crippen LogP contribution in [0.15, 0.2) is 16.6 Å². The minimum absolute atomic E-state index is 0.198. The van der Waals surface area contributed by atoms with Gasteiger partial charge in [0, 0.05) is 24.8 Å². The van der Waals surface area contributed by atoms with Crippen molar-refractivity contribution >= 4 is 15.9 Å². The molecule has 1 atom stereocenters. The quantitative estimate of drug-likeness (QED) is 0.642. The second-order valence-corrected chi connectivity index (χ2v) is 5.51. The summed E-state index contributed by atoms with van der Waals surface area (Å²) >= 11 is 3.56. The smallest absolute Gasteiger partial charge is 0.141 e. The van der Waals surface area contributed by atoms with Crippen molar-refractivity contribution in [3.63, 3.8) is 0 Å². The highest BCUT2D eigenvalue weighted by Crippen LogP contribution is 2.40. The lowest BCUT2D eigenvalue weighted by atomic mass is 10.0. The van der Waals surface area contributed by atoms with E-state index in [0.717, 1.165) is 54.1 Å². The summed E-state index contributed by atoms with van der Waals surface area (Å²) < 4.78 is 17.4. The van der Waals surface area contributed by atoms with Gasteiger partial charge in [-0.3, -0.25) is 0 Å². The topological polar surface area (TPSA) is 39.7 Å². The Labute approximate surface area is 136 Å². The highest BCUT2D eigenvalue weighted by Gasteiger charge is 2.19. The SMILES string of the molecule is CCCOCCC(NCC)c1ccc(OC)c(Br)c1OC. The molecule has 120 valence electrons. The van der Waals surface area contributed by atoms with Crippen LogP contribution >= 0.6 is 15.9 Å². The second-order valence-electron chi connectivity index (χ2n) is 4.72. The van der Waals surface area contributed by atoms with E-state index in [1.807, 2.05) is 6.07 Å². The molecule has 0 aliphatic carbocycles. The Morgan fingerprint density at radius 2 is 1.90 bits per heavy atom. The van der Waals surface area contributed by atoms with Crippen molar-refractivity contribution in [2.75, 3.05) is 34.0 Å². The van der Waals surface area contributed by atoms with Crippen LogP contribution in [0.2, 0.25) is 0 Å². The zero-order chi connectivity index (χ0) is 15.7. The van der Waals surface area contributed by atoms with Gasteiger partial charge in [-0.15, -0.1) is 0 Å². The van der Waals surface area contributed by atoms with Gasteiger partial charge < -0.3 is 19.5 Å². The van der Waals surface area contributed by atoms with E-state index in [0.29, 0.717) is 0 Å². The number of methoxy groups -OCH3 is 2. The number of ether oxygens (including phenoxy) is 3. The summed E-state index contributed by atoms with van der Waals surface area (Å²) in [4.78, 5) is 0. The molecule has 1 N–H and O–H groups in total. The highest BCUT2D eigenvalue weighted by atomic mass is 79.9. The molecule has 5 heteroatoms. The van der Waals surface area contributed by atoms with Crippen LogP contribution in [0, 0.1) is 0 Å². The molecule has 0 bridgehead atoms. The van der Waals surface area contributed by atoms with E-state index in [1.54, 1.807) is 14.2 Å². The Balaban J connectivity index is 2.93. The van der Waals surface area contributed by atoms with Crippen LogP contribution in [0.25, 0.3) is 0 Å². The van der Waals surface area contributed by atoms with Gasteiger partial charge in [0.2, 0.25) is 0 Å². The molecule has 1 aromatic carbocycles. The van der Waals surface area contributed by atoms with E-state index >= 15 is 0 Å². The number of benzene rings is 1. The van der Waals surface area contributed by atoms with Gasteiger partial charge in [0.25, 0.3) is 0 Å². The van der Waals surface area contributed by atoms with Crippen LogP contribution < -0.4 is 14.8 Å². The molecule has 0 aliphatic rings.